The minimum absolute atomic E-state index is 0.0707. The van der Waals surface area contributed by atoms with Gasteiger partial charge in [0, 0.05) is 11.9 Å². The van der Waals surface area contributed by atoms with Gasteiger partial charge in [-0.1, -0.05) is 6.07 Å². The molecule has 7 nitrogen and oxygen atoms in total. The molecule has 152 valence electrons. The van der Waals surface area contributed by atoms with Gasteiger partial charge >= 0.3 is 7.60 Å². The Kier molecular flexibility index (Phi) is 7.63. The lowest BCUT2D eigenvalue weighted by Crippen LogP contribution is -2.02. The smallest absolute Gasteiger partial charge is 0.363 e. The third-order valence-electron chi connectivity index (χ3n) is 3.96. The molecule has 1 aromatic carbocycles. The van der Waals surface area contributed by atoms with Gasteiger partial charge in [0.15, 0.2) is 11.5 Å². The molecule has 2 N–H and O–H groups in total. The molecule has 0 aliphatic carbocycles. The van der Waals surface area contributed by atoms with E-state index in [0.717, 1.165) is 17.1 Å². The molecule has 2 rings (SSSR count). The average molecular weight is 406 g/mol. The van der Waals surface area contributed by atoms with Crippen molar-refractivity contribution in [2.24, 2.45) is 0 Å². The third-order valence-corrected chi connectivity index (χ3v) is 6.13. The second-order valence-corrected chi connectivity index (χ2v) is 7.97. The molecule has 0 bridgehead atoms. The number of anilines is 1. The van der Waals surface area contributed by atoms with Gasteiger partial charge in [0.2, 0.25) is 0 Å². The van der Waals surface area contributed by atoms with Crippen molar-refractivity contribution in [1.29, 1.82) is 0 Å². The number of rotatable bonds is 9. The normalized spacial score (nSPS) is 12.1. The molecular weight excluding hydrogens is 379 g/mol. The van der Waals surface area contributed by atoms with Gasteiger partial charge in [0.1, 0.15) is 0 Å². The molecule has 0 fully saturated rings. The number of benzene rings is 1. The first kappa shape index (κ1) is 22.0. The molecule has 0 aliphatic heterocycles. The van der Waals surface area contributed by atoms with Crippen LogP contribution in [-0.4, -0.2) is 30.4 Å². The van der Waals surface area contributed by atoms with Gasteiger partial charge in [0.25, 0.3) is 0 Å². The topological polar surface area (TPSA) is 89.9 Å². The molecule has 0 saturated carbocycles. The van der Waals surface area contributed by atoms with Crippen LogP contribution in [0.5, 0.6) is 11.5 Å². The first-order valence-corrected chi connectivity index (χ1v) is 10.6. The number of aromatic hydroxyl groups is 1. The van der Waals surface area contributed by atoms with Crippen molar-refractivity contribution in [3.8, 4) is 11.5 Å². The summed E-state index contributed by atoms with van der Waals surface area (Å²) >= 11 is 0. The average Bonchev–Trinajstić information content (AvgIpc) is 2.64. The lowest BCUT2D eigenvalue weighted by Gasteiger charge is -2.21. The van der Waals surface area contributed by atoms with Gasteiger partial charge in [-0.25, -0.2) is 0 Å². The largest absolute Gasteiger partial charge is 0.504 e. The molecule has 0 radical (unpaired) electrons. The summed E-state index contributed by atoms with van der Waals surface area (Å²) in [6.07, 6.45) is 1.58. The van der Waals surface area contributed by atoms with Crippen molar-refractivity contribution in [3.05, 3.63) is 53.5 Å². The standard InChI is InChI=1S/C20H27N2O5P/c1-6-26-28(24,27-7-2)20(16-9-11-19(25-5)18(23)12-16)13-21-17-10-8-14(3)22-15(17)4/h8-13,21,23H,6-7H2,1-5H3. The van der Waals surface area contributed by atoms with Crippen LogP contribution in [0.15, 0.2) is 36.5 Å². The molecule has 1 aromatic heterocycles. The zero-order valence-electron chi connectivity index (χ0n) is 16.9. The quantitative estimate of drug-likeness (QED) is 0.561. The fraction of sp³-hybridized carbons (Fsp3) is 0.350. The second kappa shape index (κ2) is 9.73. The summed E-state index contributed by atoms with van der Waals surface area (Å²) in [6, 6.07) is 8.53. The highest BCUT2D eigenvalue weighted by molar-refractivity contribution is 7.65. The lowest BCUT2D eigenvalue weighted by molar-refractivity contribution is 0.230. The second-order valence-electron chi connectivity index (χ2n) is 5.98. The van der Waals surface area contributed by atoms with E-state index in [1.165, 1.54) is 13.2 Å². The first-order valence-electron chi connectivity index (χ1n) is 9.02. The Hall–Kier alpha value is -2.34. The minimum Gasteiger partial charge on any atom is -0.504 e. The van der Waals surface area contributed by atoms with E-state index in [2.05, 4.69) is 10.3 Å². The summed E-state index contributed by atoms with van der Waals surface area (Å²) in [5.41, 5.74) is 2.96. The van der Waals surface area contributed by atoms with E-state index in [0.29, 0.717) is 16.6 Å². The summed E-state index contributed by atoms with van der Waals surface area (Å²) in [5.74, 6) is 0.246. The minimum atomic E-state index is -3.63. The SMILES string of the molecule is CCOP(=O)(OCC)C(=CNc1ccc(C)nc1C)c1ccc(OC)c(O)c1. The van der Waals surface area contributed by atoms with Crippen LogP contribution >= 0.6 is 7.60 Å². The van der Waals surface area contributed by atoms with Gasteiger partial charge in [-0.05, 0) is 57.5 Å². The van der Waals surface area contributed by atoms with Crippen LogP contribution < -0.4 is 10.1 Å². The molecule has 1 heterocycles. The Morgan fingerprint density at radius 1 is 1.18 bits per heavy atom. The maximum Gasteiger partial charge on any atom is 0.363 e. The number of methoxy groups -OCH3 is 1. The van der Waals surface area contributed by atoms with E-state index in [1.807, 2.05) is 26.0 Å². The van der Waals surface area contributed by atoms with Crippen molar-refractivity contribution in [2.45, 2.75) is 27.7 Å². The number of phenolic OH excluding ortho intramolecular Hbond substituents is 1. The van der Waals surface area contributed by atoms with Gasteiger partial charge < -0.3 is 24.2 Å². The van der Waals surface area contributed by atoms with Crippen LogP contribution in [0.3, 0.4) is 0 Å². The zero-order chi connectivity index (χ0) is 20.7. The van der Waals surface area contributed by atoms with E-state index in [9.17, 15) is 9.67 Å². The molecule has 0 saturated heterocycles. The Morgan fingerprint density at radius 3 is 2.39 bits per heavy atom. The Labute approximate surface area is 165 Å². The predicted molar refractivity (Wildman–Crippen MR) is 111 cm³/mol. The van der Waals surface area contributed by atoms with Gasteiger partial charge in [-0.2, -0.15) is 0 Å². The van der Waals surface area contributed by atoms with E-state index in [4.69, 9.17) is 13.8 Å². The highest BCUT2D eigenvalue weighted by Crippen LogP contribution is 2.60. The van der Waals surface area contributed by atoms with E-state index in [1.54, 1.807) is 32.2 Å². The van der Waals surface area contributed by atoms with Gasteiger partial charge in [-0.3, -0.25) is 9.55 Å². The molecule has 0 aliphatic rings. The van der Waals surface area contributed by atoms with Crippen molar-refractivity contribution < 1.29 is 23.5 Å². The molecule has 0 spiro atoms. The van der Waals surface area contributed by atoms with Crippen LogP contribution in [0.25, 0.3) is 5.31 Å². The Bertz CT molecular complexity index is 888. The van der Waals surface area contributed by atoms with E-state index >= 15 is 0 Å². The van der Waals surface area contributed by atoms with Crippen LogP contribution in [0.1, 0.15) is 30.8 Å². The van der Waals surface area contributed by atoms with Crippen molar-refractivity contribution >= 4 is 18.6 Å². The predicted octanol–water partition coefficient (Wildman–Crippen LogP) is 5.09. The molecule has 8 heteroatoms. The molecule has 2 aromatic rings. The fourth-order valence-corrected chi connectivity index (χ4v) is 4.38. The maximum atomic E-state index is 13.5. The van der Waals surface area contributed by atoms with Crippen molar-refractivity contribution in [2.75, 3.05) is 25.6 Å². The maximum absolute atomic E-state index is 13.5. The number of phenols is 1. The summed E-state index contributed by atoms with van der Waals surface area (Å²) < 4.78 is 29.6. The monoisotopic (exact) mass is 406 g/mol. The highest BCUT2D eigenvalue weighted by atomic mass is 31.2. The zero-order valence-corrected chi connectivity index (χ0v) is 17.7. The third kappa shape index (κ3) is 5.13. The van der Waals surface area contributed by atoms with Crippen LogP contribution in [0.2, 0.25) is 0 Å². The number of nitrogens with zero attached hydrogens (tertiary/aromatic N) is 1. The molecule has 0 atom stereocenters. The first-order chi connectivity index (χ1) is 13.3. The van der Waals surface area contributed by atoms with E-state index in [-0.39, 0.29) is 19.0 Å². The van der Waals surface area contributed by atoms with Crippen LogP contribution in [0.4, 0.5) is 5.69 Å². The summed E-state index contributed by atoms with van der Waals surface area (Å²) in [4.78, 5) is 4.42. The number of ether oxygens (including phenoxy) is 1. The van der Waals surface area contributed by atoms with E-state index < -0.39 is 7.60 Å². The van der Waals surface area contributed by atoms with Gasteiger partial charge in [0.05, 0.1) is 37.0 Å². The fourth-order valence-electron chi connectivity index (χ4n) is 2.67. The highest BCUT2D eigenvalue weighted by Gasteiger charge is 2.31. The number of aromatic nitrogens is 1. The number of aryl methyl sites for hydroxylation is 2. The summed E-state index contributed by atoms with van der Waals surface area (Å²) in [7, 11) is -2.17. The molecule has 0 unspecified atom stereocenters. The molecular formula is C20H27N2O5P. The summed E-state index contributed by atoms with van der Waals surface area (Å²) in [5, 5.41) is 13.6. The number of nitrogens with one attached hydrogen (secondary N) is 1. The Balaban J connectivity index is 2.54. The molecule has 0 amide bonds. The van der Waals surface area contributed by atoms with Crippen LogP contribution in [-0.2, 0) is 13.6 Å². The van der Waals surface area contributed by atoms with Crippen molar-refractivity contribution in [1.82, 2.24) is 4.98 Å². The molecule has 28 heavy (non-hydrogen) atoms. The number of hydrogen-bond acceptors (Lipinski definition) is 7. The lowest BCUT2D eigenvalue weighted by atomic mass is 10.2. The van der Waals surface area contributed by atoms with Gasteiger partial charge in [-0.15, -0.1) is 0 Å². The summed E-state index contributed by atoms with van der Waals surface area (Å²) in [6.45, 7) is 7.71. The Morgan fingerprint density at radius 2 is 1.86 bits per heavy atom. The number of pyridine rings is 1. The number of hydrogen-bond donors (Lipinski definition) is 2. The van der Waals surface area contributed by atoms with Crippen molar-refractivity contribution in [3.63, 3.8) is 0 Å². The van der Waals surface area contributed by atoms with Crippen LogP contribution in [0, 0.1) is 13.8 Å².